The summed E-state index contributed by atoms with van der Waals surface area (Å²) in [5.41, 5.74) is 3.00. The van der Waals surface area contributed by atoms with Gasteiger partial charge in [-0.15, -0.1) is 0 Å². The third kappa shape index (κ3) is 7.40. The van der Waals surface area contributed by atoms with Crippen LogP contribution < -0.4 is 10.1 Å². The van der Waals surface area contributed by atoms with Crippen LogP contribution in [0.1, 0.15) is 36.5 Å². The van der Waals surface area contributed by atoms with E-state index >= 15 is 0 Å². The fourth-order valence-corrected chi connectivity index (χ4v) is 4.39. The largest absolute Gasteiger partial charge is 0.508 e. The fraction of sp³-hybridized carbons (Fsp3) is 0.350. The molecular formula is C20H23Br2NO5S. The molecule has 3 N–H and O–H groups in total. The summed E-state index contributed by atoms with van der Waals surface area (Å²) in [5.74, 6) is 0.655. The van der Waals surface area contributed by atoms with Gasteiger partial charge in [0.15, 0.2) is 17.7 Å². The van der Waals surface area contributed by atoms with Gasteiger partial charge >= 0.3 is 0 Å². The molecule has 0 fully saturated rings. The number of hydrogen-bond acceptors (Lipinski definition) is 4. The van der Waals surface area contributed by atoms with Crippen molar-refractivity contribution in [2.75, 3.05) is 18.9 Å². The molecule has 2 aromatic rings. The molecular weight excluding hydrogens is 526 g/mol. The standard InChI is InChI=1S/C20H23Br2NO5S/c1-12(2)15-7-13(3-4-19(15)24)8-16-17(21)9-14(10-18(16)22)28-11-20(25)23-5-6-29(26)27/h3-4,7,9-10,12,24H,5-6,8,11H2,1-2H3,(H,23,25)(H,26,27). The zero-order chi connectivity index (χ0) is 21.6. The highest BCUT2D eigenvalue weighted by Crippen LogP contribution is 2.34. The second-order valence-corrected chi connectivity index (χ2v) is 9.51. The van der Waals surface area contributed by atoms with Crippen molar-refractivity contribution in [3.63, 3.8) is 0 Å². The maximum absolute atomic E-state index is 11.7. The van der Waals surface area contributed by atoms with E-state index in [0.29, 0.717) is 17.9 Å². The summed E-state index contributed by atoms with van der Waals surface area (Å²) >= 11 is 5.19. The van der Waals surface area contributed by atoms with E-state index in [9.17, 15) is 14.1 Å². The second kappa shape index (κ2) is 11.1. The lowest BCUT2D eigenvalue weighted by molar-refractivity contribution is -0.122. The number of carbonyl (C=O) groups is 1. The number of rotatable bonds is 9. The third-order valence-electron chi connectivity index (χ3n) is 4.18. The Labute approximate surface area is 189 Å². The van der Waals surface area contributed by atoms with Crippen molar-refractivity contribution in [3.05, 3.63) is 56.0 Å². The van der Waals surface area contributed by atoms with E-state index in [1.54, 1.807) is 18.2 Å². The third-order valence-corrected chi connectivity index (χ3v) is 6.15. The van der Waals surface area contributed by atoms with Crippen LogP contribution in [-0.2, 0) is 22.3 Å². The highest BCUT2D eigenvalue weighted by Gasteiger charge is 2.13. The number of ether oxygens (including phenoxy) is 1. The first-order valence-corrected chi connectivity index (χ1v) is 11.8. The van der Waals surface area contributed by atoms with E-state index in [-0.39, 0.29) is 30.7 Å². The van der Waals surface area contributed by atoms with Gasteiger partial charge in [0, 0.05) is 15.5 Å². The monoisotopic (exact) mass is 547 g/mol. The Morgan fingerprint density at radius 1 is 1.21 bits per heavy atom. The molecule has 0 aromatic heterocycles. The average Bonchev–Trinajstić information content (AvgIpc) is 2.63. The van der Waals surface area contributed by atoms with Crippen molar-refractivity contribution in [2.24, 2.45) is 0 Å². The molecule has 0 saturated heterocycles. The minimum absolute atomic E-state index is 0.0205. The van der Waals surface area contributed by atoms with E-state index in [4.69, 9.17) is 9.29 Å². The Hall–Kier alpha value is -1.42. The van der Waals surface area contributed by atoms with Crippen molar-refractivity contribution in [1.29, 1.82) is 0 Å². The molecule has 0 bridgehead atoms. The highest BCUT2D eigenvalue weighted by atomic mass is 79.9. The van der Waals surface area contributed by atoms with Gasteiger partial charge in [0.1, 0.15) is 11.5 Å². The molecule has 0 aliphatic carbocycles. The van der Waals surface area contributed by atoms with Crippen molar-refractivity contribution in [3.8, 4) is 11.5 Å². The molecule has 29 heavy (non-hydrogen) atoms. The maximum atomic E-state index is 11.7. The molecule has 2 rings (SSSR count). The molecule has 1 atom stereocenters. The lowest BCUT2D eigenvalue weighted by Crippen LogP contribution is -2.31. The first-order chi connectivity index (χ1) is 13.7. The van der Waals surface area contributed by atoms with Crippen molar-refractivity contribution in [1.82, 2.24) is 5.32 Å². The van der Waals surface area contributed by atoms with Crippen LogP contribution in [0.5, 0.6) is 11.5 Å². The van der Waals surface area contributed by atoms with Crippen molar-refractivity contribution in [2.45, 2.75) is 26.2 Å². The summed E-state index contributed by atoms with van der Waals surface area (Å²) in [6.07, 6.45) is 0.653. The summed E-state index contributed by atoms with van der Waals surface area (Å²) in [7, 11) is 0. The normalized spacial score (nSPS) is 12.1. The molecule has 0 aliphatic heterocycles. The van der Waals surface area contributed by atoms with Gasteiger partial charge in [-0.1, -0.05) is 57.8 Å². The van der Waals surface area contributed by atoms with Gasteiger partial charge in [-0.05, 0) is 47.2 Å². The van der Waals surface area contributed by atoms with Crippen LogP contribution in [0.2, 0.25) is 0 Å². The number of hydrogen-bond donors (Lipinski definition) is 3. The van der Waals surface area contributed by atoms with Gasteiger partial charge in [0.25, 0.3) is 5.91 Å². The number of halogens is 2. The number of phenols is 1. The van der Waals surface area contributed by atoms with Crippen LogP contribution in [0, 0.1) is 0 Å². The van der Waals surface area contributed by atoms with E-state index in [1.807, 2.05) is 26.0 Å². The van der Waals surface area contributed by atoms with Crippen molar-refractivity contribution < 1.29 is 23.4 Å². The first kappa shape index (κ1) is 23.9. The van der Waals surface area contributed by atoms with Crippen LogP contribution in [0.15, 0.2) is 39.3 Å². The summed E-state index contributed by atoms with van der Waals surface area (Å²) < 4.78 is 26.4. The predicted octanol–water partition coefficient (Wildman–Crippen LogP) is 4.35. The number of carbonyl (C=O) groups excluding carboxylic acids is 1. The molecule has 0 heterocycles. The van der Waals surface area contributed by atoms with E-state index < -0.39 is 11.1 Å². The Morgan fingerprint density at radius 3 is 2.45 bits per heavy atom. The average molecular weight is 549 g/mol. The van der Waals surface area contributed by atoms with Gasteiger partial charge in [-0.3, -0.25) is 4.79 Å². The van der Waals surface area contributed by atoms with Gasteiger partial charge < -0.3 is 19.7 Å². The smallest absolute Gasteiger partial charge is 0.257 e. The summed E-state index contributed by atoms with van der Waals surface area (Å²) in [5, 5.41) is 12.5. The number of amides is 1. The summed E-state index contributed by atoms with van der Waals surface area (Å²) in [6.45, 7) is 4.00. The molecule has 158 valence electrons. The predicted molar refractivity (Wildman–Crippen MR) is 121 cm³/mol. The Balaban J connectivity index is 2.05. The minimum Gasteiger partial charge on any atom is -0.508 e. The summed E-state index contributed by atoms with van der Waals surface area (Å²) in [4.78, 5) is 11.7. The van der Waals surface area contributed by atoms with Gasteiger partial charge in [-0.25, -0.2) is 4.21 Å². The van der Waals surface area contributed by atoms with E-state index in [2.05, 4.69) is 37.2 Å². The molecule has 1 amide bonds. The lowest BCUT2D eigenvalue weighted by Gasteiger charge is -2.14. The van der Waals surface area contributed by atoms with E-state index in [0.717, 1.165) is 25.6 Å². The Bertz CT molecular complexity index is 881. The molecule has 2 aromatic carbocycles. The molecule has 0 radical (unpaired) electrons. The number of aromatic hydroxyl groups is 1. The molecule has 6 nitrogen and oxygen atoms in total. The van der Waals surface area contributed by atoms with Crippen LogP contribution in [0.25, 0.3) is 0 Å². The van der Waals surface area contributed by atoms with Crippen LogP contribution in [0.3, 0.4) is 0 Å². The van der Waals surface area contributed by atoms with Gasteiger partial charge in [0.05, 0.1) is 5.75 Å². The Kier molecular flexibility index (Phi) is 9.13. The molecule has 0 saturated carbocycles. The van der Waals surface area contributed by atoms with Gasteiger partial charge in [-0.2, -0.15) is 0 Å². The molecule has 9 heteroatoms. The zero-order valence-corrected chi connectivity index (χ0v) is 20.1. The number of phenolic OH excluding ortho intramolecular Hbond substituents is 1. The fourth-order valence-electron chi connectivity index (χ4n) is 2.69. The molecule has 0 aliphatic rings. The van der Waals surface area contributed by atoms with Crippen LogP contribution in [-0.4, -0.2) is 38.7 Å². The lowest BCUT2D eigenvalue weighted by atomic mass is 9.96. The molecule has 0 spiro atoms. The summed E-state index contributed by atoms with van der Waals surface area (Å²) in [6, 6.07) is 9.20. The van der Waals surface area contributed by atoms with Crippen LogP contribution >= 0.6 is 31.9 Å². The highest BCUT2D eigenvalue weighted by molar-refractivity contribution is 9.11. The number of benzene rings is 2. The maximum Gasteiger partial charge on any atom is 0.257 e. The zero-order valence-electron chi connectivity index (χ0n) is 16.1. The van der Waals surface area contributed by atoms with Gasteiger partial charge in [0.2, 0.25) is 0 Å². The van der Waals surface area contributed by atoms with E-state index in [1.165, 1.54) is 0 Å². The minimum atomic E-state index is -1.94. The quantitative estimate of drug-likeness (QED) is 0.405. The second-order valence-electron chi connectivity index (χ2n) is 6.75. The number of nitrogens with one attached hydrogen (secondary N) is 1. The molecule has 1 unspecified atom stereocenters. The first-order valence-electron chi connectivity index (χ1n) is 8.94. The Morgan fingerprint density at radius 2 is 1.86 bits per heavy atom. The topological polar surface area (TPSA) is 95.9 Å². The SMILES string of the molecule is CC(C)c1cc(Cc2c(Br)cc(OCC(=O)NCCS(=O)O)cc2Br)ccc1O. The van der Waals surface area contributed by atoms with Crippen LogP contribution in [0.4, 0.5) is 0 Å². The van der Waals surface area contributed by atoms with Crippen molar-refractivity contribution >= 4 is 48.8 Å².